The standard InChI is InChI=1S/C15H27N3OS/c1-12(2)7-16-8-15-17-14(11-20-15)10-18-5-4-6-19-13(3)9-18/h11-13,16H,4-10H2,1-3H3. The van der Waals surface area contributed by atoms with Crippen LogP contribution in [-0.2, 0) is 17.8 Å². The van der Waals surface area contributed by atoms with E-state index in [1.54, 1.807) is 11.3 Å². The third-order valence-corrected chi connectivity index (χ3v) is 4.25. The first-order chi connectivity index (χ1) is 9.63. The number of thiazole rings is 1. The summed E-state index contributed by atoms with van der Waals surface area (Å²) in [6.45, 7) is 12.5. The van der Waals surface area contributed by atoms with Crippen LogP contribution in [0.2, 0.25) is 0 Å². The van der Waals surface area contributed by atoms with Crippen molar-refractivity contribution in [1.29, 1.82) is 0 Å². The summed E-state index contributed by atoms with van der Waals surface area (Å²) in [5.74, 6) is 0.688. The van der Waals surface area contributed by atoms with Gasteiger partial charge in [-0.05, 0) is 25.8 Å². The van der Waals surface area contributed by atoms with Gasteiger partial charge in [0.15, 0.2) is 0 Å². The maximum atomic E-state index is 5.68. The van der Waals surface area contributed by atoms with E-state index in [1.807, 2.05) is 0 Å². The molecule has 4 nitrogen and oxygen atoms in total. The highest BCUT2D eigenvalue weighted by atomic mass is 32.1. The van der Waals surface area contributed by atoms with E-state index in [0.717, 1.165) is 45.8 Å². The molecule has 0 amide bonds. The molecule has 0 saturated carbocycles. The summed E-state index contributed by atoms with van der Waals surface area (Å²) in [7, 11) is 0. The third-order valence-electron chi connectivity index (χ3n) is 3.35. The van der Waals surface area contributed by atoms with Gasteiger partial charge in [0.25, 0.3) is 0 Å². The van der Waals surface area contributed by atoms with Gasteiger partial charge >= 0.3 is 0 Å². The molecular weight excluding hydrogens is 270 g/mol. The van der Waals surface area contributed by atoms with Crippen molar-refractivity contribution in [2.75, 3.05) is 26.2 Å². The van der Waals surface area contributed by atoms with E-state index in [9.17, 15) is 0 Å². The summed E-state index contributed by atoms with van der Waals surface area (Å²) in [6, 6.07) is 0. The molecule has 1 atom stereocenters. The number of hydrogen-bond acceptors (Lipinski definition) is 5. The Labute approximate surface area is 126 Å². The SMILES string of the molecule is CC(C)CNCc1nc(CN2CCCOC(C)C2)cs1. The summed E-state index contributed by atoms with van der Waals surface area (Å²) >= 11 is 1.76. The summed E-state index contributed by atoms with van der Waals surface area (Å²) < 4.78 is 5.68. The van der Waals surface area contributed by atoms with Crippen LogP contribution in [0.4, 0.5) is 0 Å². The molecule has 1 N–H and O–H groups in total. The number of nitrogens with zero attached hydrogens (tertiary/aromatic N) is 2. The van der Waals surface area contributed by atoms with Crippen LogP contribution in [-0.4, -0.2) is 42.2 Å². The van der Waals surface area contributed by atoms with Gasteiger partial charge in [0.05, 0.1) is 11.8 Å². The fraction of sp³-hybridized carbons (Fsp3) is 0.800. The predicted molar refractivity (Wildman–Crippen MR) is 84.0 cm³/mol. The van der Waals surface area contributed by atoms with Crippen molar-refractivity contribution in [3.8, 4) is 0 Å². The molecule has 1 aliphatic rings. The molecule has 0 radical (unpaired) electrons. The first-order valence-electron chi connectivity index (χ1n) is 7.61. The van der Waals surface area contributed by atoms with Gasteiger partial charge < -0.3 is 10.1 Å². The summed E-state index contributed by atoms with van der Waals surface area (Å²) in [6.07, 6.45) is 1.46. The Hall–Kier alpha value is -0.490. The highest BCUT2D eigenvalue weighted by molar-refractivity contribution is 7.09. The van der Waals surface area contributed by atoms with Crippen molar-refractivity contribution >= 4 is 11.3 Å². The highest BCUT2D eigenvalue weighted by Gasteiger charge is 2.16. The Morgan fingerprint density at radius 1 is 1.55 bits per heavy atom. The molecule has 1 aromatic heterocycles. The Kier molecular flexibility index (Phi) is 6.42. The van der Waals surface area contributed by atoms with Crippen molar-refractivity contribution in [2.24, 2.45) is 5.92 Å². The van der Waals surface area contributed by atoms with Gasteiger partial charge in [0.1, 0.15) is 5.01 Å². The molecule has 0 bridgehead atoms. The number of aromatic nitrogens is 1. The van der Waals surface area contributed by atoms with Gasteiger partial charge in [0.2, 0.25) is 0 Å². The molecule has 0 aliphatic carbocycles. The minimum atomic E-state index is 0.336. The normalized spacial score (nSPS) is 21.3. The zero-order valence-corrected chi connectivity index (χ0v) is 13.7. The fourth-order valence-corrected chi connectivity index (χ4v) is 3.18. The summed E-state index contributed by atoms with van der Waals surface area (Å²) in [4.78, 5) is 7.19. The number of ether oxygens (including phenoxy) is 1. The molecule has 114 valence electrons. The second-order valence-corrected chi connectivity index (χ2v) is 6.97. The van der Waals surface area contributed by atoms with Gasteiger partial charge in [-0.15, -0.1) is 11.3 Å². The summed E-state index contributed by atoms with van der Waals surface area (Å²) in [5, 5.41) is 6.84. The molecule has 1 saturated heterocycles. The maximum absolute atomic E-state index is 5.68. The smallest absolute Gasteiger partial charge is 0.107 e. The number of rotatable bonds is 6. The van der Waals surface area contributed by atoms with Crippen LogP contribution in [0.5, 0.6) is 0 Å². The molecule has 1 fully saturated rings. The Balaban J connectivity index is 1.79. The molecule has 1 aliphatic heterocycles. The van der Waals surface area contributed by atoms with E-state index in [0.29, 0.717) is 12.0 Å². The second-order valence-electron chi connectivity index (χ2n) is 6.03. The van der Waals surface area contributed by atoms with Crippen molar-refractivity contribution in [3.05, 3.63) is 16.1 Å². The van der Waals surface area contributed by atoms with Gasteiger partial charge in [-0.2, -0.15) is 0 Å². The van der Waals surface area contributed by atoms with E-state index in [2.05, 4.69) is 36.4 Å². The van der Waals surface area contributed by atoms with Crippen molar-refractivity contribution in [3.63, 3.8) is 0 Å². The zero-order chi connectivity index (χ0) is 14.4. The van der Waals surface area contributed by atoms with Crippen LogP contribution in [0, 0.1) is 5.92 Å². The quantitative estimate of drug-likeness (QED) is 0.875. The Morgan fingerprint density at radius 2 is 2.40 bits per heavy atom. The van der Waals surface area contributed by atoms with Crippen molar-refractivity contribution < 1.29 is 4.74 Å². The molecule has 2 heterocycles. The largest absolute Gasteiger partial charge is 0.377 e. The van der Waals surface area contributed by atoms with E-state index in [-0.39, 0.29) is 0 Å². The lowest BCUT2D eigenvalue weighted by atomic mass is 10.2. The van der Waals surface area contributed by atoms with E-state index >= 15 is 0 Å². The zero-order valence-electron chi connectivity index (χ0n) is 12.9. The lowest BCUT2D eigenvalue weighted by Crippen LogP contribution is -2.29. The molecular formula is C15H27N3OS. The van der Waals surface area contributed by atoms with Gasteiger partial charge in [-0.1, -0.05) is 13.8 Å². The average molecular weight is 297 g/mol. The first-order valence-corrected chi connectivity index (χ1v) is 8.49. The van der Waals surface area contributed by atoms with E-state index < -0.39 is 0 Å². The van der Waals surface area contributed by atoms with Crippen molar-refractivity contribution in [2.45, 2.75) is 46.4 Å². The average Bonchev–Trinajstić information content (AvgIpc) is 2.71. The predicted octanol–water partition coefficient (Wildman–Crippen LogP) is 2.50. The molecule has 0 aromatic carbocycles. The van der Waals surface area contributed by atoms with E-state index in [4.69, 9.17) is 9.72 Å². The Bertz CT molecular complexity index is 394. The van der Waals surface area contributed by atoms with Gasteiger partial charge in [0, 0.05) is 38.2 Å². The topological polar surface area (TPSA) is 37.4 Å². The molecule has 1 aromatic rings. The highest BCUT2D eigenvalue weighted by Crippen LogP contribution is 2.14. The molecule has 2 rings (SSSR count). The van der Waals surface area contributed by atoms with Crippen LogP contribution in [0.15, 0.2) is 5.38 Å². The minimum Gasteiger partial charge on any atom is -0.377 e. The monoisotopic (exact) mass is 297 g/mol. The van der Waals surface area contributed by atoms with Crippen LogP contribution < -0.4 is 5.32 Å². The van der Waals surface area contributed by atoms with Crippen LogP contribution in [0.3, 0.4) is 0 Å². The Morgan fingerprint density at radius 3 is 3.20 bits per heavy atom. The van der Waals surface area contributed by atoms with Crippen LogP contribution >= 0.6 is 11.3 Å². The molecule has 1 unspecified atom stereocenters. The lowest BCUT2D eigenvalue weighted by molar-refractivity contribution is 0.0666. The van der Waals surface area contributed by atoms with Crippen LogP contribution in [0.1, 0.15) is 37.9 Å². The van der Waals surface area contributed by atoms with E-state index in [1.165, 1.54) is 10.7 Å². The third kappa shape index (κ3) is 5.48. The van der Waals surface area contributed by atoms with Gasteiger partial charge in [-0.25, -0.2) is 4.98 Å². The molecule has 20 heavy (non-hydrogen) atoms. The minimum absolute atomic E-state index is 0.336. The summed E-state index contributed by atoms with van der Waals surface area (Å²) in [5.41, 5.74) is 1.20. The number of nitrogens with one attached hydrogen (secondary N) is 1. The van der Waals surface area contributed by atoms with Crippen LogP contribution in [0.25, 0.3) is 0 Å². The molecule has 0 spiro atoms. The lowest BCUT2D eigenvalue weighted by Gasteiger charge is -2.20. The maximum Gasteiger partial charge on any atom is 0.107 e. The second kappa shape index (κ2) is 8.08. The number of hydrogen-bond donors (Lipinski definition) is 1. The van der Waals surface area contributed by atoms with Gasteiger partial charge in [-0.3, -0.25) is 4.90 Å². The first kappa shape index (κ1) is 15.9. The molecule has 5 heteroatoms. The fourth-order valence-electron chi connectivity index (χ4n) is 2.42. The van der Waals surface area contributed by atoms with Crippen molar-refractivity contribution in [1.82, 2.24) is 15.2 Å².